The number of carbonyl (C=O) groups is 1. The van der Waals surface area contributed by atoms with E-state index in [1.807, 2.05) is 55.6 Å². The number of carbonyl (C=O) groups excluding carboxylic acids is 1. The summed E-state index contributed by atoms with van der Waals surface area (Å²) in [5, 5.41) is 3.70. The number of aromatic nitrogens is 3. The minimum Gasteiger partial charge on any atom is -0.445 e. The molecule has 3 aromatic rings. The Morgan fingerprint density at radius 3 is 2.72 bits per heavy atom. The van der Waals surface area contributed by atoms with Gasteiger partial charge in [0.2, 0.25) is 0 Å². The van der Waals surface area contributed by atoms with Gasteiger partial charge >= 0.3 is 6.09 Å². The number of likely N-dealkylation sites (tertiary alicyclic amines) is 1. The average molecular weight is 389 g/mol. The number of fused-ring (bicyclic) bond motifs is 4. The van der Waals surface area contributed by atoms with Crippen molar-refractivity contribution in [3.63, 3.8) is 0 Å². The number of anilines is 1. The van der Waals surface area contributed by atoms with Gasteiger partial charge < -0.3 is 15.0 Å². The Balaban J connectivity index is 1.32. The molecule has 2 aliphatic rings. The van der Waals surface area contributed by atoms with Gasteiger partial charge in [-0.3, -0.25) is 4.57 Å². The first-order valence-electron chi connectivity index (χ1n) is 9.90. The van der Waals surface area contributed by atoms with Crippen LogP contribution in [0.2, 0.25) is 0 Å². The molecule has 0 aliphatic carbocycles. The van der Waals surface area contributed by atoms with E-state index in [0.717, 1.165) is 41.4 Å². The zero-order valence-corrected chi connectivity index (χ0v) is 16.3. The monoisotopic (exact) mass is 389 g/mol. The summed E-state index contributed by atoms with van der Waals surface area (Å²) in [5.74, 6) is 1.80. The summed E-state index contributed by atoms with van der Waals surface area (Å²) in [4.78, 5) is 23.4. The third-order valence-electron chi connectivity index (χ3n) is 5.88. The van der Waals surface area contributed by atoms with Crippen molar-refractivity contribution in [3.8, 4) is 5.82 Å². The van der Waals surface area contributed by atoms with Gasteiger partial charge in [0, 0.05) is 19.3 Å². The maximum atomic E-state index is 12.5. The highest BCUT2D eigenvalue weighted by Gasteiger charge is 2.44. The maximum absolute atomic E-state index is 12.5. The molecule has 1 spiro atoms. The first-order valence-corrected chi connectivity index (χ1v) is 9.90. The number of piperidine rings is 1. The van der Waals surface area contributed by atoms with Gasteiger partial charge in [0.15, 0.2) is 5.82 Å². The molecular weight excluding hydrogens is 366 g/mol. The zero-order valence-electron chi connectivity index (χ0n) is 16.3. The van der Waals surface area contributed by atoms with Crippen molar-refractivity contribution >= 4 is 11.8 Å². The van der Waals surface area contributed by atoms with Gasteiger partial charge in [0.1, 0.15) is 12.4 Å². The standard InChI is InChI=1S/C22H23N5O2/c1-16-24-14-19-22(25-18-8-5-11-23-20(18)27(16)19)9-12-26(13-10-22)21(28)29-15-17-6-3-2-4-7-17/h2-8,11,14,25H,9-10,12-13,15H2,1H3. The lowest BCUT2D eigenvalue weighted by Crippen LogP contribution is -2.51. The van der Waals surface area contributed by atoms with E-state index in [-0.39, 0.29) is 11.6 Å². The topological polar surface area (TPSA) is 72.3 Å². The van der Waals surface area contributed by atoms with Gasteiger partial charge in [0.05, 0.1) is 23.1 Å². The number of benzene rings is 1. The fraction of sp³-hybridized carbons (Fsp3) is 0.318. The number of nitrogens with one attached hydrogen (secondary N) is 1. The maximum Gasteiger partial charge on any atom is 0.410 e. The summed E-state index contributed by atoms with van der Waals surface area (Å²) in [6.45, 7) is 3.54. The molecule has 0 atom stereocenters. The van der Waals surface area contributed by atoms with E-state index < -0.39 is 0 Å². The molecule has 2 aliphatic heterocycles. The van der Waals surface area contributed by atoms with E-state index in [2.05, 4.69) is 19.9 Å². The number of hydrogen-bond acceptors (Lipinski definition) is 5. The van der Waals surface area contributed by atoms with E-state index in [1.54, 1.807) is 11.1 Å². The molecule has 5 rings (SSSR count). The van der Waals surface area contributed by atoms with Gasteiger partial charge in [0.25, 0.3) is 0 Å². The minimum absolute atomic E-state index is 0.256. The van der Waals surface area contributed by atoms with Crippen molar-refractivity contribution in [2.75, 3.05) is 18.4 Å². The van der Waals surface area contributed by atoms with Crippen LogP contribution in [0, 0.1) is 6.92 Å². The van der Waals surface area contributed by atoms with E-state index in [4.69, 9.17) is 4.74 Å². The van der Waals surface area contributed by atoms with E-state index >= 15 is 0 Å². The summed E-state index contributed by atoms with van der Waals surface area (Å²) in [5.41, 5.74) is 2.85. The normalized spacial score (nSPS) is 16.7. The number of nitrogens with zero attached hydrogens (tertiary/aromatic N) is 4. The molecule has 0 radical (unpaired) electrons. The number of aryl methyl sites for hydroxylation is 1. The van der Waals surface area contributed by atoms with Crippen molar-refractivity contribution in [1.82, 2.24) is 19.4 Å². The largest absolute Gasteiger partial charge is 0.445 e. The molecule has 1 N–H and O–H groups in total. The van der Waals surface area contributed by atoms with Crippen LogP contribution < -0.4 is 5.32 Å². The number of rotatable bonds is 2. The molecule has 0 saturated carbocycles. The Kier molecular flexibility index (Phi) is 4.23. The predicted octanol–water partition coefficient (Wildman–Crippen LogP) is 3.63. The second-order valence-corrected chi connectivity index (χ2v) is 7.63. The number of amides is 1. The van der Waals surface area contributed by atoms with Crippen LogP contribution in [0.15, 0.2) is 54.9 Å². The van der Waals surface area contributed by atoms with Gasteiger partial charge in [-0.15, -0.1) is 0 Å². The summed E-state index contributed by atoms with van der Waals surface area (Å²) >= 11 is 0. The van der Waals surface area contributed by atoms with Crippen LogP contribution in [0.5, 0.6) is 0 Å². The molecule has 7 heteroatoms. The second kappa shape index (κ2) is 6.92. The summed E-state index contributed by atoms with van der Waals surface area (Å²) in [6.07, 6.45) is 5.04. The van der Waals surface area contributed by atoms with Gasteiger partial charge in [-0.25, -0.2) is 14.8 Å². The fourth-order valence-electron chi connectivity index (χ4n) is 4.31. The van der Waals surface area contributed by atoms with E-state index in [0.29, 0.717) is 19.7 Å². The molecule has 2 aromatic heterocycles. The highest BCUT2D eigenvalue weighted by Crippen LogP contribution is 2.43. The first kappa shape index (κ1) is 17.7. The molecule has 1 aromatic carbocycles. The van der Waals surface area contributed by atoms with Crippen molar-refractivity contribution < 1.29 is 9.53 Å². The van der Waals surface area contributed by atoms with Crippen LogP contribution in [0.1, 0.15) is 29.9 Å². The van der Waals surface area contributed by atoms with E-state index in [9.17, 15) is 4.79 Å². The SMILES string of the molecule is Cc1ncc2n1-c1ncccc1NC21CCN(C(=O)OCc2ccccc2)CC1. The van der Waals surface area contributed by atoms with Crippen LogP contribution in [0.4, 0.5) is 10.5 Å². The predicted molar refractivity (Wildman–Crippen MR) is 109 cm³/mol. The number of hydrogen-bond donors (Lipinski definition) is 1. The van der Waals surface area contributed by atoms with Crippen LogP contribution in [-0.4, -0.2) is 38.6 Å². The number of pyridine rings is 1. The average Bonchev–Trinajstić information content (AvgIpc) is 3.16. The molecule has 1 amide bonds. The van der Waals surface area contributed by atoms with Gasteiger partial charge in [-0.1, -0.05) is 30.3 Å². The van der Waals surface area contributed by atoms with Crippen LogP contribution in [0.3, 0.4) is 0 Å². The lowest BCUT2D eigenvalue weighted by atomic mass is 9.83. The lowest BCUT2D eigenvalue weighted by molar-refractivity contribution is 0.0793. The number of ether oxygens (including phenoxy) is 1. The Morgan fingerprint density at radius 1 is 1.14 bits per heavy atom. The molecule has 4 heterocycles. The fourth-order valence-corrected chi connectivity index (χ4v) is 4.31. The van der Waals surface area contributed by atoms with E-state index in [1.165, 1.54) is 0 Å². The molecule has 7 nitrogen and oxygen atoms in total. The molecule has 148 valence electrons. The van der Waals surface area contributed by atoms with Crippen LogP contribution in [-0.2, 0) is 16.9 Å². The van der Waals surface area contributed by atoms with Crippen molar-refractivity contribution in [2.45, 2.75) is 31.9 Å². The smallest absolute Gasteiger partial charge is 0.410 e. The van der Waals surface area contributed by atoms with Gasteiger partial charge in [-0.05, 0) is 37.5 Å². The summed E-state index contributed by atoms with van der Waals surface area (Å²) in [7, 11) is 0. The Morgan fingerprint density at radius 2 is 1.93 bits per heavy atom. The Bertz CT molecular complexity index is 1040. The molecule has 0 bridgehead atoms. The second-order valence-electron chi connectivity index (χ2n) is 7.63. The Labute approximate surface area is 169 Å². The lowest BCUT2D eigenvalue weighted by Gasteiger charge is -2.45. The molecule has 1 fully saturated rings. The van der Waals surface area contributed by atoms with Gasteiger partial charge in [-0.2, -0.15) is 0 Å². The summed E-state index contributed by atoms with van der Waals surface area (Å²) in [6, 6.07) is 13.7. The zero-order chi connectivity index (χ0) is 19.8. The molecule has 0 unspecified atom stereocenters. The van der Waals surface area contributed by atoms with Crippen LogP contribution >= 0.6 is 0 Å². The number of imidazole rings is 1. The molecule has 1 saturated heterocycles. The quantitative estimate of drug-likeness (QED) is 0.725. The van der Waals surface area contributed by atoms with Crippen LogP contribution in [0.25, 0.3) is 5.82 Å². The molecular formula is C22H23N5O2. The third kappa shape index (κ3) is 3.03. The summed E-state index contributed by atoms with van der Waals surface area (Å²) < 4.78 is 7.65. The Hall–Kier alpha value is -3.35. The highest BCUT2D eigenvalue weighted by molar-refractivity contribution is 5.68. The minimum atomic E-state index is -0.258. The molecule has 29 heavy (non-hydrogen) atoms. The van der Waals surface area contributed by atoms with Crippen molar-refractivity contribution in [1.29, 1.82) is 0 Å². The highest BCUT2D eigenvalue weighted by atomic mass is 16.6. The first-order chi connectivity index (χ1) is 14.2. The third-order valence-corrected chi connectivity index (χ3v) is 5.88. The van der Waals surface area contributed by atoms with Crippen molar-refractivity contribution in [3.05, 3.63) is 71.9 Å². The van der Waals surface area contributed by atoms with Crippen molar-refractivity contribution in [2.24, 2.45) is 0 Å².